The predicted octanol–water partition coefficient (Wildman–Crippen LogP) is 3.67. The quantitative estimate of drug-likeness (QED) is 0.872. The molecule has 1 aliphatic rings. The van der Waals surface area contributed by atoms with Crippen LogP contribution in [0.3, 0.4) is 0 Å². The SMILES string of the molecule is COCC(=O)Nc1cccc([C@@H]2SCC(=O)N2c2ccc(C)c(C)c2)c1. The van der Waals surface area contributed by atoms with Crippen molar-refractivity contribution in [3.8, 4) is 0 Å². The summed E-state index contributed by atoms with van der Waals surface area (Å²) in [6.45, 7) is 4.12. The Labute approximate surface area is 157 Å². The van der Waals surface area contributed by atoms with Crippen LogP contribution < -0.4 is 10.2 Å². The smallest absolute Gasteiger partial charge is 0.250 e. The Bertz CT molecular complexity index is 838. The van der Waals surface area contributed by atoms with E-state index in [1.165, 1.54) is 12.7 Å². The van der Waals surface area contributed by atoms with Crippen molar-refractivity contribution >= 4 is 35.0 Å². The average Bonchev–Trinajstić information content (AvgIpc) is 2.99. The fraction of sp³-hybridized carbons (Fsp3) is 0.300. The highest BCUT2D eigenvalue weighted by Crippen LogP contribution is 2.42. The van der Waals surface area contributed by atoms with Gasteiger partial charge in [-0.25, -0.2) is 0 Å². The van der Waals surface area contributed by atoms with E-state index in [-0.39, 0.29) is 23.8 Å². The second-order valence-corrected chi connectivity index (χ2v) is 7.37. The molecule has 1 heterocycles. The lowest BCUT2D eigenvalue weighted by molar-refractivity contribution is -0.119. The second-order valence-electron chi connectivity index (χ2n) is 6.30. The lowest BCUT2D eigenvalue weighted by atomic mass is 10.1. The molecule has 0 unspecified atom stereocenters. The summed E-state index contributed by atoms with van der Waals surface area (Å²) in [4.78, 5) is 26.1. The first kappa shape index (κ1) is 18.5. The van der Waals surface area contributed by atoms with Crippen molar-refractivity contribution in [2.75, 3.05) is 29.7 Å². The number of nitrogens with zero attached hydrogens (tertiary/aromatic N) is 1. The molecule has 1 aliphatic heterocycles. The van der Waals surface area contributed by atoms with E-state index in [0.29, 0.717) is 11.4 Å². The van der Waals surface area contributed by atoms with Crippen LogP contribution >= 0.6 is 11.8 Å². The van der Waals surface area contributed by atoms with E-state index >= 15 is 0 Å². The Morgan fingerprint density at radius 1 is 1.23 bits per heavy atom. The number of nitrogens with one attached hydrogen (secondary N) is 1. The summed E-state index contributed by atoms with van der Waals surface area (Å²) in [6, 6.07) is 13.7. The molecule has 0 aromatic heterocycles. The maximum Gasteiger partial charge on any atom is 0.250 e. The van der Waals surface area contributed by atoms with Crippen LogP contribution in [-0.4, -0.2) is 31.3 Å². The summed E-state index contributed by atoms with van der Waals surface area (Å²) < 4.78 is 4.85. The van der Waals surface area contributed by atoms with E-state index < -0.39 is 0 Å². The summed E-state index contributed by atoms with van der Waals surface area (Å²) in [5.74, 6) is 0.334. The predicted molar refractivity (Wildman–Crippen MR) is 106 cm³/mol. The number of ether oxygens (including phenoxy) is 1. The molecule has 1 fully saturated rings. The van der Waals surface area contributed by atoms with Crippen LogP contribution in [0.5, 0.6) is 0 Å². The molecule has 2 aromatic carbocycles. The molecule has 0 radical (unpaired) electrons. The second kappa shape index (κ2) is 7.93. The van der Waals surface area contributed by atoms with E-state index in [9.17, 15) is 9.59 Å². The van der Waals surface area contributed by atoms with Crippen molar-refractivity contribution in [3.63, 3.8) is 0 Å². The van der Waals surface area contributed by atoms with E-state index in [2.05, 4.69) is 18.3 Å². The number of carbonyl (C=O) groups is 2. The Kier molecular flexibility index (Phi) is 5.64. The third kappa shape index (κ3) is 3.92. The van der Waals surface area contributed by atoms with Crippen LogP contribution in [-0.2, 0) is 14.3 Å². The molecule has 0 aliphatic carbocycles. The van der Waals surface area contributed by atoms with Gasteiger partial charge in [0.15, 0.2) is 0 Å². The van der Waals surface area contributed by atoms with Gasteiger partial charge < -0.3 is 10.1 Å². The summed E-state index contributed by atoms with van der Waals surface area (Å²) in [7, 11) is 1.48. The third-order valence-electron chi connectivity index (χ3n) is 4.37. The molecule has 1 N–H and O–H groups in total. The zero-order valence-corrected chi connectivity index (χ0v) is 15.9. The standard InChI is InChI=1S/C20H22N2O3S/c1-13-7-8-17(9-14(13)2)22-19(24)12-26-20(22)15-5-4-6-16(10-15)21-18(23)11-25-3/h4-10,20H,11-12H2,1-3H3,(H,21,23)/t20-/m0/s1. The molecule has 0 saturated carbocycles. The van der Waals surface area contributed by atoms with Crippen molar-refractivity contribution in [2.45, 2.75) is 19.2 Å². The number of aryl methyl sites for hydroxylation is 2. The van der Waals surface area contributed by atoms with Gasteiger partial charge in [0.05, 0.1) is 5.75 Å². The third-order valence-corrected chi connectivity index (χ3v) is 5.58. The summed E-state index contributed by atoms with van der Waals surface area (Å²) in [6.07, 6.45) is 0. The molecular formula is C20H22N2O3S. The number of anilines is 2. The molecule has 5 nitrogen and oxygen atoms in total. The van der Waals surface area contributed by atoms with Gasteiger partial charge in [-0.2, -0.15) is 0 Å². The van der Waals surface area contributed by atoms with E-state index in [0.717, 1.165) is 16.8 Å². The summed E-state index contributed by atoms with van der Waals surface area (Å²) in [5.41, 5.74) is 4.94. The first-order valence-electron chi connectivity index (χ1n) is 8.39. The number of thioether (sulfide) groups is 1. The first-order chi connectivity index (χ1) is 12.5. The fourth-order valence-electron chi connectivity index (χ4n) is 2.92. The van der Waals surface area contributed by atoms with Crippen molar-refractivity contribution in [1.82, 2.24) is 0 Å². The largest absolute Gasteiger partial charge is 0.375 e. The molecule has 26 heavy (non-hydrogen) atoms. The van der Waals surface area contributed by atoms with Gasteiger partial charge in [-0.15, -0.1) is 11.8 Å². The molecule has 1 atom stereocenters. The lowest BCUT2D eigenvalue weighted by Crippen LogP contribution is -2.28. The molecular weight excluding hydrogens is 348 g/mol. The Morgan fingerprint density at radius 2 is 2.04 bits per heavy atom. The molecule has 0 bridgehead atoms. The highest BCUT2D eigenvalue weighted by Gasteiger charge is 2.34. The van der Waals surface area contributed by atoms with Crippen LogP contribution in [0.2, 0.25) is 0 Å². The van der Waals surface area contributed by atoms with Crippen molar-refractivity contribution < 1.29 is 14.3 Å². The van der Waals surface area contributed by atoms with Gasteiger partial charge in [0.25, 0.3) is 0 Å². The summed E-state index contributed by atoms with van der Waals surface area (Å²) >= 11 is 1.59. The Balaban J connectivity index is 1.88. The molecule has 2 amide bonds. The topological polar surface area (TPSA) is 58.6 Å². The minimum atomic E-state index is -0.203. The first-order valence-corrected chi connectivity index (χ1v) is 9.44. The minimum absolute atomic E-state index is 0.00958. The van der Waals surface area contributed by atoms with Crippen molar-refractivity contribution in [3.05, 3.63) is 59.2 Å². The Morgan fingerprint density at radius 3 is 2.77 bits per heavy atom. The van der Waals surface area contributed by atoms with Gasteiger partial charge in [0.1, 0.15) is 12.0 Å². The van der Waals surface area contributed by atoms with Gasteiger partial charge in [-0.3, -0.25) is 14.5 Å². The van der Waals surface area contributed by atoms with Crippen LogP contribution in [0.4, 0.5) is 11.4 Å². The lowest BCUT2D eigenvalue weighted by Gasteiger charge is -2.25. The van der Waals surface area contributed by atoms with E-state index in [4.69, 9.17) is 4.74 Å². The number of carbonyl (C=O) groups excluding carboxylic acids is 2. The molecule has 6 heteroatoms. The fourth-order valence-corrected chi connectivity index (χ4v) is 4.09. The monoisotopic (exact) mass is 370 g/mol. The van der Waals surface area contributed by atoms with Gasteiger partial charge in [-0.1, -0.05) is 18.2 Å². The zero-order valence-electron chi connectivity index (χ0n) is 15.1. The summed E-state index contributed by atoms with van der Waals surface area (Å²) in [5, 5.41) is 2.70. The molecule has 3 rings (SSSR count). The van der Waals surface area contributed by atoms with Crippen LogP contribution in [0.15, 0.2) is 42.5 Å². The van der Waals surface area contributed by atoms with Crippen molar-refractivity contribution in [2.24, 2.45) is 0 Å². The normalized spacial score (nSPS) is 16.8. The number of rotatable bonds is 5. The molecule has 0 spiro atoms. The zero-order chi connectivity index (χ0) is 18.7. The van der Waals surface area contributed by atoms with Crippen LogP contribution in [0, 0.1) is 13.8 Å². The molecule has 2 aromatic rings. The molecule has 136 valence electrons. The van der Waals surface area contributed by atoms with Crippen LogP contribution in [0.25, 0.3) is 0 Å². The highest BCUT2D eigenvalue weighted by molar-refractivity contribution is 8.00. The van der Waals surface area contributed by atoms with Gasteiger partial charge in [0.2, 0.25) is 11.8 Å². The maximum absolute atomic E-state index is 12.5. The number of hydrogen-bond acceptors (Lipinski definition) is 4. The molecule has 1 saturated heterocycles. The van der Waals surface area contributed by atoms with Gasteiger partial charge >= 0.3 is 0 Å². The van der Waals surface area contributed by atoms with Gasteiger partial charge in [-0.05, 0) is 54.8 Å². The Hall–Kier alpha value is -2.31. The maximum atomic E-state index is 12.5. The number of hydrogen-bond donors (Lipinski definition) is 1. The van der Waals surface area contributed by atoms with E-state index in [1.54, 1.807) is 11.8 Å². The number of benzene rings is 2. The number of methoxy groups -OCH3 is 1. The van der Waals surface area contributed by atoms with E-state index in [1.807, 2.05) is 48.2 Å². The van der Waals surface area contributed by atoms with Gasteiger partial charge in [0, 0.05) is 18.5 Å². The van der Waals surface area contributed by atoms with Crippen LogP contribution in [0.1, 0.15) is 22.1 Å². The van der Waals surface area contributed by atoms with Crippen molar-refractivity contribution in [1.29, 1.82) is 0 Å². The minimum Gasteiger partial charge on any atom is -0.375 e. The highest BCUT2D eigenvalue weighted by atomic mass is 32.2. The number of amides is 2. The average molecular weight is 370 g/mol.